The number of carbonyl (C=O) groups excluding carboxylic acids is 1. The van der Waals surface area contributed by atoms with E-state index in [1.807, 2.05) is 6.92 Å². The standard InChI is InChI=1S/C11H14BrNO4/c1-2-3-4-8(11(15)16)13-10(14)7-5-9(12)17-6-7/h5-6,8H,2-4H2,1H3,(H,13,14)(H,15,16). The van der Waals surface area contributed by atoms with E-state index in [1.54, 1.807) is 0 Å². The quantitative estimate of drug-likeness (QED) is 0.846. The fraction of sp³-hybridized carbons (Fsp3) is 0.455. The Balaban J connectivity index is 2.60. The molecule has 0 fully saturated rings. The first kappa shape index (κ1) is 13.8. The Bertz CT molecular complexity index is 402. The molecule has 1 heterocycles. The summed E-state index contributed by atoms with van der Waals surface area (Å²) in [6.07, 6.45) is 3.35. The molecule has 1 amide bonds. The van der Waals surface area contributed by atoms with Gasteiger partial charge in [0.15, 0.2) is 4.67 Å². The molecule has 0 spiro atoms. The predicted molar refractivity (Wildman–Crippen MR) is 64.8 cm³/mol. The predicted octanol–water partition coefficient (Wildman–Crippen LogP) is 2.42. The first-order valence-electron chi connectivity index (χ1n) is 5.32. The zero-order chi connectivity index (χ0) is 12.8. The third-order valence-electron chi connectivity index (χ3n) is 2.28. The minimum absolute atomic E-state index is 0.305. The van der Waals surface area contributed by atoms with Crippen LogP contribution in [0.15, 0.2) is 21.4 Å². The molecular weight excluding hydrogens is 290 g/mol. The van der Waals surface area contributed by atoms with Crippen LogP contribution in [-0.2, 0) is 4.79 Å². The van der Waals surface area contributed by atoms with Crippen LogP contribution in [0.3, 0.4) is 0 Å². The zero-order valence-corrected chi connectivity index (χ0v) is 11.0. The number of aliphatic carboxylic acids is 1. The number of rotatable bonds is 6. The van der Waals surface area contributed by atoms with Crippen molar-refractivity contribution in [2.24, 2.45) is 0 Å². The topological polar surface area (TPSA) is 79.5 Å². The van der Waals surface area contributed by atoms with E-state index >= 15 is 0 Å². The van der Waals surface area contributed by atoms with Gasteiger partial charge in [-0.2, -0.15) is 0 Å². The number of hydrogen-bond donors (Lipinski definition) is 2. The number of unbranched alkanes of at least 4 members (excludes halogenated alkanes) is 1. The molecule has 0 radical (unpaired) electrons. The van der Waals surface area contributed by atoms with Crippen LogP contribution in [0.1, 0.15) is 36.5 Å². The second-order valence-corrected chi connectivity index (χ2v) is 4.43. The maximum absolute atomic E-state index is 11.7. The zero-order valence-electron chi connectivity index (χ0n) is 9.40. The van der Waals surface area contributed by atoms with Crippen LogP contribution in [0.5, 0.6) is 0 Å². The molecule has 2 N–H and O–H groups in total. The minimum Gasteiger partial charge on any atom is -0.480 e. The van der Waals surface area contributed by atoms with Gasteiger partial charge in [-0.25, -0.2) is 4.79 Å². The number of carbonyl (C=O) groups is 2. The van der Waals surface area contributed by atoms with Gasteiger partial charge in [0.05, 0.1) is 5.56 Å². The summed E-state index contributed by atoms with van der Waals surface area (Å²) >= 11 is 3.07. The van der Waals surface area contributed by atoms with Crippen molar-refractivity contribution >= 4 is 27.8 Å². The fourth-order valence-corrected chi connectivity index (χ4v) is 1.68. The fourth-order valence-electron chi connectivity index (χ4n) is 1.34. The van der Waals surface area contributed by atoms with E-state index in [9.17, 15) is 9.59 Å². The summed E-state index contributed by atoms with van der Waals surface area (Å²) in [5.74, 6) is -1.46. The second kappa shape index (κ2) is 6.44. The van der Waals surface area contributed by atoms with E-state index in [-0.39, 0.29) is 0 Å². The van der Waals surface area contributed by atoms with Crippen molar-refractivity contribution in [3.63, 3.8) is 0 Å². The van der Waals surface area contributed by atoms with Crippen LogP contribution in [0.25, 0.3) is 0 Å². The molecule has 0 saturated heterocycles. The molecule has 1 atom stereocenters. The number of carboxylic acid groups (broad SMARTS) is 1. The summed E-state index contributed by atoms with van der Waals surface area (Å²) in [5, 5.41) is 11.4. The molecule has 0 saturated carbocycles. The summed E-state index contributed by atoms with van der Waals surface area (Å²) < 4.78 is 5.35. The molecule has 1 aromatic heterocycles. The van der Waals surface area contributed by atoms with Crippen molar-refractivity contribution in [2.45, 2.75) is 32.2 Å². The van der Waals surface area contributed by atoms with Gasteiger partial charge in [-0.1, -0.05) is 19.8 Å². The van der Waals surface area contributed by atoms with Crippen molar-refractivity contribution in [3.05, 3.63) is 22.6 Å². The maximum Gasteiger partial charge on any atom is 0.326 e. The third-order valence-corrected chi connectivity index (χ3v) is 2.70. The molecule has 1 unspecified atom stereocenters. The Labute approximate surface area is 107 Å². The van der Waals surface area contributed by atoms with Crippen LogP contribution in [0, 0.1) is 0 Å². The lowest BCUT2D eigenvalue weighted by Crippen LogP contribution is -2.40. The Kier molecular flexibility index (Phi) is 5.21. The van der Waals surface area contributed by atoms with Crippen LogP contribution < -0.4 is 5.32 Å². The van der Waals surface area contributed by atoms with Crippen LogP contribution in [-0.4, -0.2) is 23.0 Å². The first-order chi connectivity index (χ1) is 8.04. The van der Waals surface area contributed by atoms with Gasteiger partial charge >= 0.3 is 5.97 Å². The highest BCUT2D eigenvalue weighted by Gasteiger charge is 2.20. The summed E-state index contributed by atoms with van der Waals surface area (Å²) in [5.41, 5.74) is 0.305. The van der Waals surface area contributed by atoms with Crippen LogP contribution in [0.2, 0.25) is 0 Å². The van der Waals surface area contributed by atoms with Crippen LogP contribution in [0.4, 0.5) is 0 Å². The Morgan fingerprint density at radius 3 is 2.76 bits per heavy atom. The van der Waals surface area contributed by atoms with Gasteiger partial charge < -0.3 is 14.8 Å². The molecule has 0 aromatic carbocycles. The molecule has 17 heavy (non-hydrogen) atoms. The van der Waals surface area contributed by atoms with E-state index < -0.39 is 17.9 Å². The number of hydrogen-bond acceptors (Lipinski definition) is 3. The van der Waals surface area contributed by atoms with Gasteiger partial charge in [0, 0.05) is 6.07 Å². The van der Waals surface area contributed by atoms with Crippen LogP contribution >= 0.6 is 15.9 Å². The normalized spacial score (nSPS) is 12.1. The average molecular weight is 304 g/mol. The van der Waals surface area contributed by atoms with Crippen molar-refractivity contribution in [2.75, 3.05) is 0 Å². The number of halogens is 1. The Morgan fingerprint density at radius 1 is 1.59 bits per heavy atom. The monoisotopic (exact) mass is 303 g/mol. The molecule has 6 heteroatoms. The lowest BCUT2D eigenvalue weighted by Gasteiger charge is -2.12. The Morgan fingerprint density at radius 2 is 2.29 bits per heavy atom. The molecule has 0 aliphatic carbocycles. The van der Waals surface area contributed by atoms with Gasteiger partial charge in [-0.05, 0) is 22.4 Å². The van der Waals surface area contributed by atoms with E-state index in [1.165, 1.54) is 12.3 Å². The van der Waals surface area contributed by atoms with E-state index in [0.29, 0.717) is 16.7 Å². The van der Waals surface area contributed by atoms with Crippen molar-refractivity contribution < 1.29 is 19.1 Å². The summed E-state index contributed by atoms with van der Waals surface area (Å²) in [4.78, 5) is 22.6. The molecule has 94 valence electrons. The van der Waals surface area contributed by atoms with E-state index in [0.717, 1.165) is 12.8 Å². The second-order valence-electron chi connectivity index (χ2n) is 3.65. The molecule has 5 nitrogen and oxygen atoms in total. The maximum atomic E-state index is 11.7. The average Bonchev–Trinajstić information content (AvgIpc) is 2.70. The van der Waals surface area contributed by atoms with E-state index in [4.69, 9.17) is 9.52 Å². The molecule has 0 aliphatic rings. The summed E-state index contributed by atoms with van der Waals surface area (Å²) in [6.45, 7) is 1.97. The van der Waals surface area contributed by atoms with Crippen molar-refractivity contribution in [1.82, 2.24) is 5.32 Å². The van der Waals surface area contributed by atoms with Crippen molar-refractivity contribution in [1.29, 1.82) is 0 Å². The molecular formula is C11H14BrNO4. The molecule has 0 aliphatic heterocycles. The highest BCUT2D eigenvalue weighted by molar-refractivity contribution is 9.10. The molecule has 1 rings (SSSR count). The van der Waals surface area contributed by atoms with Crippen molar-refractivity contribution in [3.8, 4) is 0 Å². The third kappa shape index (κ3) is 4.22. The minimum atomic E-state index is -1.02. The first-order valence-corrected chi connectivity index (χ1v) is 6.11. The Hall–Kier alpha value is -1.30. The summed E-state index contributed by atoms with van der Waals surface area (Å²) in [7, 11) is 0. The highest BCUT2D eigenvalue weighted by atomic mass is 79.9. The number of nitrogens with one attached hydrogen (secondary N) is 1. The lowest BCUT2D eigenvalue weighted by molar-refractivity contribution is -0.139. The molecule has 0 bridgehead atoms. The number of furan rings is 1. The number of amides is 1. The van der Waals surface area contributed by atoms with Gasteiger partial charge in [0.25, 0.3) is 5.91 Å². The number of carboxylic acids is 1. The SMILES string of the molecule is CCCCC(NC(=O)c1coc(Br)c1)C(=O)O. The van der Waals surface area contributed by atoms with E-state index in [2.05, 4.69) is 21.2 Å². The van der Waals surface area contributed by atoms with Gasteiger partial charge in [-0.15, -0.1) is 0 Å². The largest absolute Gasteiger partial charge is 0.480 e. The van der Waals surface area contributed by atoms with Gasteiger partial charge in [0.2, 0.25) is 0 Å². The lowest BCUT2D eigenvalue weighted by atomic mass is 10.1. The van der Waals surface area contributed by atoms with Gasteiger partial charge in [0.1, 0.15) is 12.3 Å². The smallest absolute Gasteiger partial charge is 0.326 e. The molecule has 1 aromatic rings. The van der Waals surface area contributed by atoms with Gasteiger partial charge in [-0.3, -0.25) is 4.79 Å². The highest BCUT2D eigenvalue weighted by Crippen LogP contribution is 2.14. The summed E-state index contributed by atoms with van der Waals surface area (Å²) in [6, 6.07) is 0.643.